The van der Waals surface area contributed by atoms with Gasteiger partial charge in [-0.1, -0.05) is 16.8 Å². The molecule has 0 aliphatic carbocycles. The minimum atomic E-state index is -0.376. The van der Waals surface area contributed by atoms with Crippen LogP contribution in [0.3, 0.4) is 0 Å². The van der Waals surface area contributed by atoms with Crippen LogP contribution in [-0.2, 0) is 11.3 Å². The Hall–Kier alpha value is -3.67. The zero-order valence-electron chi connectivity index (χ0n) is 13.8. The topological polar surface area (TPSA) is 142 Å². The summed E-state index contributed by atoms with van der Waals surface area (Å²) in [6.45, 7) is 1.57. The number of carbonyl (C=O) groups is 1. The summed E-state index contributed by atoms with van der Waals surface area (Å²) in [6.07, 6.45) is 1.44. The highest BCUT2D eigenvalue weighted by Crippen LogP contribution is 2.26. The highest BCUT2D eigenvalue weighted by Gasteiger charge is 2.16. The summed E-state index contributed by atoms with van der Waals surface area (Å²) >= 11 is 6.09. The van der Waals surface area contributed by atoms with Crippen LogP contribution in [0, 0.1) is 6.92 Å². The van der Waals surface area contributed by atoms with Crippen molar-refractivity contribution in [2.75, 3.05) is 5.32 Å². The molecular formula is C14H11ClN10O2. The first-order valence-corrected chi connectivity index (χ1v) is 8.00. The van der Waals surface area contributed by atoms with E-state index in [2.05, 4.69) is 41.4 Å². The molecule has 13 heteroatoms. The number of amides is 1. The van der Waals surface area contributed by atoms with Crippen LogP contribution in [0.5, 0.6) is 0 Å². The van der Waals surface area contributed by atoms with E-state index in [0.717, 1.165) is 4.80 Å². The monoisotopic (exact) mass is 386 g/mol. The van der Waals surface area contributed by atoms with Crippen LogP contribution >= 0.6 is 11.6 Å². The minimum absolute atomic E-state index is 0.153. The molecule has 3 heterocycles. The predicted molar refractivity (Wildman–Crippen MR) is 90.8 cm³/mol. The lowest BCUT2D eigenvalue weighted by Gasteiger charge is -2.05. The van der Waals surface area contributed by atoms with Crippen LogP contribution in [0.4, 0.5) is 5.82 Å². The van der Waals surface area contributed by atoms with E-state index in [0.29, 0.717) is 27.9 Å². The second kappa shape index (κ2) is 6.92. The smallest absolute Gasteiger partial charge is 0.249 e. The van der Waals surface area contributed by atoms with E-state index in [4.69, 9.17) is 16.1 Å². The van der Waals surface area contributed by atoms with Gasteiger partial charge in [0.15, 0.2) is 5.82 Å². The predicted octanol–water partition coefficient (Wildman–Crippen LogP) is 0.904. The fraction of sp³-hybridized carbons (Fsp3) is 0.143. The molecule has 0 fully saturated rings. The number of carbonyl (C=O) groups excluding carboxylic acids is 1. The number of anilines is 1. The summed E-state index contributed by atoms with van der Waals surface area (Å²) in [5.74, 6) is 0.795. The maximum absolute atomic E-state index is 12.1. The van der Waals surface area contributed by atoms with Gasteiger partial charge in [-0.25, -0.2) is 0 Å². The van der Waals surface area contributed by atoms with Crippen molar-refractivity contribution in [3.63, 3.8) is 0 Å². The number of benzene rings is 1. The Balaban J connectivity index is 1.56. The molecule has 0 aliphatic heterocycles. The van der Waals surface area contributed by atoms with Gasteiger partial charge in [0.25, 0.3) is 0 Å². The highest BCUT2D eigenvalue weighted by molar-refractivity contribution is 6.31. The number of hydrogen-bond acceptors (Lipinski definition) is 9. The first-order valence-electron chi connectivity index (χ1n) is 7.63. The fourth-order valence-corrected chi connectivity index (χ4v) is 2.49. The lowest BCUT2D eigenvalue weighted by atomic mass is 10.1. The number of nitrogens with zero attached hydrogens (tertiary/aromatic N) is 9. The molecule has 0 bridgehead atoms. The molecule has 0 saturated heterocycles. The zero-order valence-corrected chi connectivity index (χ0v) is 14.6. The molecule has 3 aromatic heterocycles. The molecule has 136 valence electrons. The second-order valence-corrected chi connectivity index (χ2v) is 5.87. The molecule has 4 rings (SSSR count). The molecule has 1 amide bonds. The third-order valence-corrected chi connectivity index (χ3v) is 3.66. The van der Waals surface area contributed by atoms with Crippen LogP contribution in [0.1, 0.15) is 5.76 Å². The van der Waals surface area contributed by atoms with Gasteiger partial charge in [0.2, 0.25) is 11.7 Å². The third kappa shape index (κ3) is 3.64. The van der Waals surface area contributed by atoms with E-state index >= 15 is 0 Å². The number of tetrazole rings is 2. The normalized spacial score (nSPS) is 10.9. The molecule has 0 saturated carbocycles. The van der Waals surface area contributed by atoms with Gasteiger partial charge >= 0.3 is 0 Å². The van der Waals surface area contributed by atoms with Gasteiger partial charge in [0.1, 0.15) is 18.6 Å². The van der Waals surface area contributed by atoms with Crippen molar-refractivity contribution in [3.05, 3.63) is 41.4 Å². The van der Waals surface area contributed by atoms with Crippen molar-refractivity contribution in [3.8, 4) is 17.1 Å². The Morgan fingerprint density at radius 1 is 1.30 bits per heavy atom. The lowest BCUT2D eigenvalue weighted by Crippen LogP contribution is -2.20. The quantitative estimate of drug-likeness (QED) is 0.529. The summed E-state index contributed by atoms with van der Waals surface area (Å²) in [5.41, 5.74) is 1.18. The van der Waals surface area contributed by atoms with Gasteiger partial charge < -0.3 is 9.84 Å². The van der Waals surface area contributed by atoms with E-state index < -0.39 is 0 Å². The van der Waals surface area contributed by atoms with Crippen LogP contribution in [-0.4, -0.2) is 51.5 Å². The molecule has 27 heavy (non-hydrogen) atoms. The molecule has 4 aromatic rings. The highest BCUT2D eigenvalue weighted by atomic mass is 35.5. The first kappa shape index (κ1) is 16.8. The van der Waals surface area contributed by atoms with E-state index in [-0.39, 0.29) is 18.3 Å². The molecule has 0 spiro atoms. The molecular weight excluding hydrogens is 376 g/mol. The molecule has 12 nitrogen and oxygen atoms in total. The fourth-order valence-electron chi connectivity index (χ4n) is 2.31. The number of aryl methyl sites for hydroxylation is 1. The Labute approximate surface area is 156 Å². The van der Waals surface area contributed by atoms with E-state index in [9.17, 15) is 4.79 Å². The summed E-state index contributed by atoms with van der Waals surface area (Å²) in [5, 5.41) is 30.0. The van der Waals surface area contributed by atoms with Crippen LogP contribution in [0.2, 0.25) is 5.02 Å². The Morgan fingerprint density at radius 2 is 2.19 bits per heavy atom. The summed E-state index contributed by atoms with van der Waals surface area (Å²) < 4.78 is 6.34. The summed E-state index contributed by atoms with van der Waals surface area (Å²) in [6, 6.07) is 6.69. The molecule has 1 aromatic carbocycles. The van der Waals surface area contributed by atoms with Gasteiger partial charge in [-0.2, -0.15) is 9.48 Å². The van der Waals surface area contributed by atoms with Crippen LogP contribution < -0.4 is 5.32 Å². The van der Waals surface area contributed by atoms with E-state index in [1.807, 2.05) is 0 Å². The van der Waals surface area contributed by atoms with Gasteiger partial charge in [-0.05, 0) is 40.8 Å². The van der Waals surface area contributed by atoms with Gasteiger partial charge in [0, 0.05) is 11.1 Å². The molecule has 0 unspecified atom stereocenters. The van der Waals surface area contributed by atoms with Gasteiger partial charge in [0.05, 0.1) is 11.3 Å². The van der Waals surface area contributed by atoms with Crippen molar-refractivity contribution in [1.82, 2.24) is 45.6 Å². The minimum Gasteiger partial charge on any atom is -0.360 e. The standard InChI is InChI=1S/C14H11ClN10O2/c1-8-4-12(20-27-8)17-13(26)6-25-19-14(18-22-25)10-5-9(15)2-3-11(10)24-7-16-21-23-24/h2-5,7H,6H2,1H3,(H,17,20,26). The molecule has 0 aliphatic rings. The number of halogens is 1. The zero-order chi connectivity index (χ0) is 18.8. The number of hydrogen-bond donors (Lipinski definition) is 1. The van der Waals surface area contributed by atoms with Crippen LogP contribution in [0.25, 0.3) is 17.1 Å². The summed E-state index contributed by atoms with van der Waals surface area (Å²) in [4.78, 5) is 13.2. The maximum atomic E-state index is 12.1. The Kier molecular flexibility index (Phi) is 4.30. The average molecular weight is 387 g/mol. The Bertz CT molecular complexity index is 1090. The summed E-state index contributed by atoms with van der Waals surface area (Å²) in [7, 11) is 0. The number of rotatable bonds is 5. The van der Waals surface area contributed by atoms with Crippen molar-refractivity contribution in [1.29, 1.82) is 0 Å². The molecule has 0 radical (unpaired) electrons. The van der Waals surface area contributed by atoms with E-state index in [1.54, 1.807) is 31.2 Å². The second-order valence-electron chi connectivity index (χ2n) is 5.43. The van der Waals surface area contributed by atoms with Crippen molar-refractivity contribution in [2.24, 2.45) is 0 Å². The lowest BCUT2D eigenvalue weighted by molar-refractivity contribution is -0.117. The average Bonchev–Trinajstić information content (AvgIpc) is 3.37. The van der Waals surface area contributed by atoms with Crippen molar-refractivity contribution in [2.45, 2.75) is 13.5 Å². The van der Waals surface area contributed by atoms with Crippen molar-refractivity contribution >= 4 is 23.3 Å². The number of aromatic nitrogens is 9. The van der Waals surface area contributed by atoms with Gasteiger partial charge in [-0.15, -0.1) is 15.3 Å². The molecule has 1 N–H and O–H groups in total. The van der Waals surface area contributed by atoms with Crippen molar-refractivity contribution < 1.29 is 9.32 Å². The Morgan fingerprint density at radius 3 is 2.93 bits per heavy atom. The van der Waals surface area contributed by atoms with Gasteiger partial charge in [-0.3, -0.25) is 4.79 Å². The van der Waals surface area contributed by atoms with Crippen LogP contribution in [0.15, 0.2) is 35.1 Å². The number of nitrogens with one attached hydrogen (secondary N) is 1. The SMILES string of the molecule is Cc1cc(NC(=O)Cn2nnc(-c3cc(Cl)ccc3-n3cnnn3)n2)no1. The van der Waals surface area contributed by atoms with E-state index in [1.165, 1.54) is 11.0 Å². The third-order valence-electron chi connectivity index (χ3n) is 3.43. The maximum Gasteiger partial charge on any atom is 0.249 e. The largest absolute Gasteiger partial charge is 0.360 e. The first-order chi connectivity index (χ1) is 13.1. The molecule has 0 atom stereocenters.